The number of ether oxygens (including phenoxy) is 1. The molecule has 136 valence electrons. The fourth-order valence-corrected chi connectivity index (χ4v) is 4.67. The van der Waals surface area contributed by atoms with Crippen molar-refractivity contribution in [3.05, 3.63) is 125 Å². The average Bonchev–Trinajstić information content (AvgIpc) is 3.06. The number of benzene rings is 4. The third-order valence-corrected chi connectivity index (χ3v) is 5.96. The first-order valence-electron chi connectivity index (χ1n) is 9.66. The van der Waals surface area contributed by atoms with Crippen LogP contribution in [0.3, 0.4) is 0 Å². The number of aryl methyl sites for hydroxylation is 1. The Morgan fingerprint density at radius 1 is 0.571 bits per heavy atom. The van der Waals surface area contributed by atoms with E-state index in [9.17, 15) is 0 Å². The normalized spacial score (nSPS) is 13.6. The van der Waals surface area contributed by atoms with Gasteiger partial charge in [-0.1, -0.05) is 90.5 Å². The summed E-state index contributed by atoms with van der Waals surface area (Å²) in [6, 6.07) is 35.1. The molecular formula is C27H22O. The first-order valence-corrected chi connectivity index (χ1v) is 9.66. The maximum atomic E-state index is 5.43. The van der Waals surface area contributed by atoms with Gasteiger partial charge in [0, 0.05) is 0 Å². The minimum atomic E-state index is -0.326. The maximum absolute atomic E-state index is 5.43. The summed E-state index contributed by atoms with van der Waals surface area (Å²) in [5.74, 6) is 0.877. The highest BCUT2D eigenvalue weighted by atomic mass is 16.5. The van der Waals surface area contributed by atoms with Crippen molar-refractivity contribution in [1.29, 1.82) is 0 Å². The van der Waals surface area contributed by atoms with Crippen LogP contribution in [0.1, 0.15) is 27.8 Å². The monoisotopic (exact) mass is 362 g/mol. The zero-order valence-electron chi connectivity index (χ0n) is 16.1. The van der Waals surface area contributed by atoms with E-state index >= 15 is 0 Å². The summed E-state index contributed by atoms with van der Waals surface area (Å²) in [6.45, 7) is 2.14. The number of hydrogen-bond acceptors (Lipinski definition) is 1. The summed E-state index contributed by atoms with van der Waals surface area (Å²) in [6.07, 6.45) is 0. The Labute approximate surface area is 166 Å². The Bertz CT molecular complexity index is 1090. The molecule has 0 aliphatic heterocycles. The lowest BCUT2D eigenvalue weighted by molar-refractivity contribution is 0.414. The molecule has 0 bridgehead atoms. The van der Waals surface area contributed by atoms with Crippen molar-refractivity contribution in [2.45, 2.75) is 12.3 Å². The Hall–Kier alpha value is -3.32. The highest BCUT2D eigenvalue weighted by molar-refractivity contribution is 5.86. The van der Waals surface area contributed by atoms with Gasteiger partial charge in [-0.05, 0) is 52.4 Å². The Balaban J connectivity index is 1.91. The van der Waals surface area contributed by atoms with Crippen LogP contribution in [0.25, 0.3) is 11.1 Å². The van der Waals surface area contributed by atoms with Gasteiger partial charge in [-0.3, -0.25) is 0 Å². The molecule has 0 aromatic heterocycles. The molecule has 0 unspecified atom stereocenters. The van der Waals surface area contributed by atoms with Crippen LogP contribution in [0.5, 0.6) is 5.75 Å². The standard InChI is InChI=1S/C27H22O/c1-19-11-13-20(14-12-19)27(21-15-17-22(28-2)18-16-21)25-9-5-3-7-23(25)24-8-4-6-10-26(24)27/h3-18H,1-2H3. The summed E-state index contributed by atoms with van der Waals surface area (Å²) in [5, 5.41) is 0. The van der Waals surface area contributed by atoms with E-state index in [4.69, 9.17) is 4.74 Å². The van der Waals surface area contributed by atoms with E-state index in [0.29, 0.717) is 0 Å². The molecule has 1 nitrogen and oxygen atoms in total. The van der Waals surface area contributed by atoms with E-state index in [-0.39, 0.29) is 5.41 Å². The first kappa shape index (κ1) is 16.8. The molecule has 0 spiro atoms. The van der Waals surface area contributed by atoms with Crippen molar-refractivity contribution in [3.8, 4) is 16.9 Å². The third-order valence-electron chi connectivity index (χ3n) is 5.96. The van der Waals surface area contributed by atoms with Crippen molar-refractivity contribution < 1.29 is 4.74 Å². The molecule has 28 heavy (non-hydrogen) atoms. The van der Waals surface area contributed by atoms with Crippen LogP contribution in [0, 0.1) is 6.92 Å². The molecule has 4 aromatic carbocycles. The molecule has 0 fully saturated rings. The lowest BCUT2D eigenvalue weighted by atomic mass is 9.67. The van der Waals surface area contributed by atoms with Gasteiger partial charge in [0.2, 0.25) is 0 Å². The average molecular weight is 362 g/mol. The van der Waals surface area contributed by atoms with E-state index < -0.39 is 0 Å². The van der Waals surface area contributed by atoms with E-state index in [1.807, 2.05) is 0 Å². The molecule has 4 aromatic rings. The summed E-state index contributed by atoms with van der Waals surface area (Å²) >= 11 is 0. The Morgan fingerprint density at radius 3 is 1.54 bits per heavy atom. The molecule has 0 amide bonds. The molecular weight excluding hydrogens is 340 g/mol. The first-order chi connectivity index (χ1) is 13.7. The molecule has 1 aliphatic rings. The van der Waals surface area contributed by atoms with Gasteiger partial charge in [0.15, 0.2) is 0 Å². The summed E-state index contributed by atoms with van der Waals surface area (Å²) in [5.41, 5.74) is 8.80. The highest BCUT2D eigenvalue weighted by Gasteiger charge is 2.45. The van der Waals surface area contributed by atoms with Crippen LogP contribution in [0.4, 0.5) is 0 Å². The van der Waals surface area contributed by atoms with Crippen LogP contribution < -0.4 is 4.74 Å². The topological polar surface area (TPSA) is 9.23 Å². The molecule has 1 aliphatic carbocycles. The Morgan fingerprint density at radius 2 is 1.04 bits per heavy atom. The minimum absolute atomic E-state index is 0.326. The molecule has 0 heterocycles. The van der Waals surface area contributed by atoms with Gasteiger partial charge in [0.05, 0.1) is 12.5 Å². The largest absolute Gasteiger partial charge is 0.497 e. The highest BCUT2D eigenvalue weighted by Crippen LogP contribution is 2.55. The van der Waals surface area contributed by atoms with Gasteiger partial charge < -0.3 is 4.74 Å². The zero-order valence-corrected chi connectivity index (χ0v) is 16.1. The number of methoxy groups -OCH3 is 1. The summed E-state index contributed by atoms with van der Waals surface area (Å²) < 4.78 is 5.43. The van der Waals surface area contributed by atoms with E-state index in [0.717, 1.165) is 5.75 Å². The van der Waals surface area contributed by atoms with Gasteiger partial charge >= 0.3 is 0 Å². The quantitative estimate of drug-likeness (QED) is 0.362. The fourth-order valence-electron chi connectivity index (χ4n) is 4.67. The molecule has 5 rings (SSSR count). The lowest BCUT2D eigenvalue weighted by Crippen LogP contribution is -2.28. The van der Waals surface area contributed by atoms with Crippen LogP contribution in [-0.2, 0) is 5.41 Å². The van der Waals surface area contributed by atoms with E-state index in [2.05, 4.69) is 104 Å². The Kier molecular flexibility index (Phi) is 3.84. The zero-order chi connectivity index (χ0) is 19.1. The predicted molar refractivity (Wildman–Crippen MR) is 115 cm³/mol. The van der Waals surface area contributed by atoms with Crippen LogP contribution >= 0.6 is 0 Å². The van der Waals surface area contributed by atoms with Gasteiger partial charge in [0.1, 0.15) is 5.75 Å². The van der Waals surface area contributed by atoms with Crippen molar-refractivity contribution in [3.63, 3.8) is 0 Å². The molecule has 0 saturated heterocycles. The number of fused-ring (bicyclic) bond motifs is 3. The second-order valence-electron chi connectivity index (χ2n) is 7.44. The SMILES string of the molecule is COc1ccc(C2(c3ccc(C)cc3)c3ccccc3-c3ccccc32)cc1. The molecule has 0 N–H and O–H groups in total. The lowest BCUT2D eigenvalue weighted by Gasteiger charge is -2.34. The van der Waals surface area contributed by atoms with Gasteiger partial charge in [-0.15, -0.1) is 0 Å². The maximum Gasteiger partial charge on any atom is 0.118 e. The number of rotatable bonds is 3. The molecule has 1 heteroatoms. The van der Waals surface area contributed by atoms with Crippen LogP contribution in [0.15, 0.2) is 97.1 Å². The minimum Gasteiger partial charge on any atom is -0.497 e. The van der Waals surface area contributed by atoms with Crippen molar-refractivity contribution >= 4 is 0 Å². The predicted octanol–water partition coefficient (Wildman–Crippen LogP) is 6.37. The van der Waals surface area contributed by atoms with E-state index in [1.54, 1.807) is 7.11 Å². The molecule has 0 radical (unpaired) electrons. The van der Waals surface area contributed by atoms with E-state index in [1.165, 1.54) is 38.9 Å². The molecule has 0 atom stereocenters. The van der Waals surface area contributed by atoms with Gasteiger partial charge in [-0.25, -0.2) is 0 Å². The second kappa shape index (κ2) is 6.38. The summed E-state index contributed by atoms with van der Waals surface area (Å²) in [4.78, 5) is 0. The van der Waals surface area contributed by atoms with Gasteiger partial charge in [-0.2, -0.15) is 0 Å². The third kappa shape index (κ3) is 2.26. The molecule has 0 saturated carbocycles. The van der Waals surface area contributed by atoms with Crippen molar-refractivity contribution in [2.24, 2.45) is 0 Å². The fraction of sp³-hybridized carbons (Fsp3) is 0.111. The number of hydrogen-bond donors (Lipinski definition) is 0. The summed E-state index contributed by atoms with van der Waals surface area (Å²) in [7, 11) is 1.71. The van der Waals surface area contributed by atoms with Crippen molar-refractivity contribution in [1.82, 2.24) is 0 Å². The van der Waals surface area contributed by atoms with Crippen LogP contribution in [0.2, 0.25) is 0 Å². The van der Waals surface area contributed by atoms with Gasteiger partial charge in [0.25, 0.3) is 0 Å². The second-order valence-corrected chi connectivity index (χ2v) is 7.44. The smallest absolute Gasteiger partial charge is 0.118 e. The van der Waals surface area contributed by atoms with Crippen molar-refractivity contribution in [2.75, 3.05) is 7.11 Å². The van der Waals surface area contributed by atoms with Crippen LogP contribution in [-0.4, -0.2) is 7.11 Å².